The van der Waals surface area contributed by atoms with Crippen molar-refractivity contribution in [2.24, 2.45) is 0 Å². The minimum Gasteiger partial charge on any atom is -0.342 e. The minimum atomic E-state index is -0.00870. The van der Waals surface area contributed by atoms with E-state index in [-0.39, 0.29) is 10.7 Å². The SMILES string of the molecule is C[C@@H](Br)C(=O)N1CCCC1. The number of carbonyl (C=O) groups is 1. The maximum Gasteiger partial charge on any atom is 0.236 e. The van der Waals surface area contributed by atoms with E-state index in [0.717, 1.165) is 13.1 Å². The van der Waals surface area contributed by atoms with Crippen LogP contribution in [0.1, 0.15) is 19.8 Å². The third-order valence-corrected chi connectivity index (χ3v) is 2.15. The van der Waals surface area contributed by atoms with Crippen molar-refractivity contribution in [3.63, 3.8) is 0 Å². The van der Waals surface area contributed by atoms with Gasteiger partial charge in [0.1, 0.15) is 0 Å². The summed E-state index contributed by atoms with van der Waals surface area (Å²) < 4.78 is 0. The first-order chi connectivity index (χ1) is 4.72. The zero-order chi connectivity index (χ0) is 7.56. The van der Waals surface area contributed by atoms with Gasteiger partial charge in [0.25, 0.3) is 0 Å². The van der Waals surface area contributed by atoms with Crippen LogP contribution in [0.15, 0.2) is 0 Å². The molecule has 0 aliphatic carbocycles. The lowest BCUT2D eigenvalue weighted by molar-refractivity contribution is -0.129. The predicted octanol–water partition coefficient (Wildman–Crippen LogP) is 1.39. The summed E-state index contributed by atoms with van der Waals surface area (Å²) in [6.45, 7) is 3.78. The molecule has 1 aliphatic rings. The highest BCUT2D eigenvalue weighted by Crippen LogP contribution is 2.11. The van der Waals surface area contributed by atoms with Crippen molar-refractivity contribution in [2.75, 3.05) is 13.1 Å². The molecule has 0 N–H and O–H groups in total. The molecule has 1 fully saturated rings. The molecular weight excluding hydrogens is 194 g/mol. The molecule has 0 radical (unpaired) electrons. The topological polar surface area (TPSA) is 20.3 Å². The van der Waals surface area contributed by atoms with Gasteiger partial charge in [0, 0.05) is 13.1 Å². The standard InChI is InChI=1S/C7H12BrNO/c1-6(8)7(10)9-4-2-3-5-9/h6H,2-5H2,1H3/t6-/m1/s1. The van der Waals surface area contributed by atoms with E-state index in [1.807, 2.05) is 11.8 Å². The average Bonchev–Trinajstić information content (AvgIpc) is 2.36. The molecule has 1 atom stereocenters. The van der Waals surface area contributed by atoms with Gasteiger partial charge in [-0.1, -0.05) is 15.9 Å². The molecule has 58 valence electrons. The fourth-order valence-corrected chi connectivity index (χ4v) is 1.48. The van der Waals surface area contributed by atoms with Gasteiger partial charge >= 0.3 is 0 Å². The third-order valence-electron chi connectivity index (χ3n) is 1.76. The Labute approximate surface area is 69.7 Å². The van der Waals surface area contributed by atoms with E-state index in [0.29, 0.717) is 0 Å². The van der Waals surface area contributed by atoms with Gasteiger partial charge < -0.3 is 4.90 Å². The van der Waals surface area contributed by atoms with Crippen molar-refractivity contribution < 1.29 is 4.79 Å². The normalized spacial score (nSPS) is 21.2. The fraction of sp³-hybridized carbons (Fsp3) is 0.857. The third kappa shape index (κ3) is 1.72. The quantitative estimate of drug-likeness (QED) is 0.593. The van der Waals surface area contributed by atoms with Crippen molar-refractivity contribution in [1.29, 1.82) is 0 Å². The molecule has 1 aliphatic heterocycles. The van der Waals surface area contributed by atoms with Gasteiger partial charge in [-0.2, -0.15) is 0 Å². The Hall–Kier alpha value is -0.0500. The molecule has 0 spiro atoms. The van der Waals surface area contributed by atoms with Crippen LogP contribution in [0.2, 0.25) is 0 Å². The van der Waals surface area contributed by atoms with Gasteiger partial charge in [-0.15, -0.1) is 0 Å². The molecule has 1 saturated heterocycles. The van der Waals surface area contributed by atoms with Crippen molar-refractivity contribution >= 4 is 21.8 Å². The first-order valence-corrected chi connectivity index (χ1v) is 4.56. The molecule has 0 aromatic carbocycles. The predicted molar refractivity (Wildman–Crippen MR) is 44.2 cm³/mol. The first kappa shape index (κ1) is 8.05. The van der Waals surface area contributed by atoms with E-state index in [1.165, 1.54) is 12.8 Å². The number of carbonyl (C=O) groups excluding carboxylic acids is 1. The molecule has 10 heavy (non-hydrogen) atoms. The highest BCUT2D eigenvalue weighted by molar-refractivity contribution is 9.10. The number of hydrogen-bond donors (Lipinski definition) is 0. The largest absolute Gasteiger partial charge is 0.342 e. The van der Waals surface area contributed by atoms with E-state index < -0.39 is 0 Å². The van der Waals surface area contributed by atoms with Gasteiger partial charge in [-0.05, 0) is 19.8 Å². The Kier molecular flexibility index (Phi) is 2.72. The molecular formula is C7H12BrNO. The summed E-state index contributed by atoms with van der Waals surface area (Å²) in [5.41, 5.74) is 0. The number of amides is 1. The summed E-state index contributed by atoms with van der Waals surface area (Å²) in [6, 6.07) is 0. The Morgan fingerprint density at radius 2 is 2.00 bits per heavy atom. The Bertz CT molecular complexity index is 130. The zero-order valence-electron chi connectivity index (χ0n) is 6.14. The van der Waals surface area contributed by atoms with Crippen LogP contribution >= 0.6 is 15.9 Å². The zero-order valence-corrected chi connectivity index (χ0v) is 7.73. The number of rotatable bonds is 1. The highest BCUT2D eigenvalue weighted by Gasteiger charge is 2.20. The van der Waals surface area contributed by atoms with Crippen LogP contribution in [0, 0.1) is 0 Å². The Morgan fingerprint density at radius 1 is 1.50 bits per heavy atom. The Balaban J connectivity index is 2.40. The first-order valence-electron chi connectivity index (χ1n) is 3.64. The molecule has 0 aromatic rings. The smallest absolute Gasteiger partial charge is 0.236 e. The summed E-state index contributed by atoms with van der Waals surface area (Å²) in [5, 5.41) is 0. The van der Waals surface area contributed by atoms with Crippen LogP contribution in [0.3, 0.4) is 0 Å². The van der Waals surface area contributed by atoms with Crippen LogP contribution in [-0.4, -0.2) is 28.7 Å². The molecule has 3 heteroatoms. The lowest BCUT2D eigenvalue weighted by Crippen LogP contribution is -2.32. The highest BCUT2D eigenvalue weighted by atomic mass is 79.9. The van der Waals surface area contributed by atoms with Crippen LogP contribution in [0.5, 0.6) is 0 Å². The molecule has 1 amide bonds. The molecule has 0 bridgehead atoms. The summed E-state index contributed by atoms with van der Waals surface area (Å²) >= 11 is 3.26. The molecule has 1 heterocycles. The van der Waals surface area contributed by atoms with E-state index in [2.05, 4.69) is 15.9 Å². The molecule has 0 saturated carbocycles. The van der Waals surface area contributed by atoms with Crippen molar-refractivity contribution in [1.82, 2.24) is 4.90 Å². The van der Waals surface area contributed by atoms with Crippen molar-refractivity contribution in [3.8, 4) is 0 Å². The second-order valence-electron chi connectivity index (χ2n) is 2.65. The number of likely N-dealkylation sites (tertiary alicyclic amines) is 1. The minimum absolute atomic E-state index is 0.00870. The Morgan fingerprint density at radius 3 is 2.40 bits per heavy atom. The van der Waals surface area contributed by atoms with E-state index in [1.54, 1.807) is 0 Å². The maximum absolute atomic E-state index is 11.2. The maximum atomic E-state index is 11.2. The summed E-state index contributed by atoms with van der Waals surface area (Å²) in [6.07, 6.45) is 2.34. The average molecular weight is 206 g/mol. The number of alkyl halides is 1. The lowest BCUT2D eigenvalue weighted by atomic mass is 10.4. The summed E-state index contributed by atoms with van der Waals surface area (Å²) in [5.74, 6) is 0.234. The second-order valence-corrected chi connectivity index (χ2v) is 4.02. The van der Waals surface area contributed by atoms with Crippen molar-refractivity contribution in [3.05, 3.63) is 0 Å². The number of halogens is 1. The van der Waals surface area contributed by atoms with Crippen LogP contribution in [0.25, 0.3) is 0 Å². The fourth-order valence-electron chi connectivity index (χ4n) is 1.19. The molecule has 0 unspecified atom stereocenters. The monoisotopic (exact) mass is 205 g/mol. The molecule has 2 nitrogen and oxygen atoms in total. The van der Waals surface area contributed by atoms with Crippen LogP contribution in [0.4, 0.5) is 0 Å². The molecule has 1 rings (SSSR count). The van der Waals surface area contributed by atoms with E-state index in [4.69, 9.17) is 0 Å². The van der Waals surface area contributed by atoms with Crippen LogP contribution < -0.4 is 0 Å². The summed E-state index contributed by atoms with van der Waals surface area (Å²) in [7, 11) is 0. The summed E-state index contributed by atoms with van der Waals surface area (Å²) in [4.78, 5) is 13.1. The van der Waals surface area contributed by atoms with Gasteiger partial charge in [0.2, 0.25) is 5.91 Å². The van der Waals surface area contributed by atoms with Gasteiger partial charge in [0.15, 0.2) is 0 Å². The van der Waals surface area contributed by atoms with Gasteiger partial charge in [-0.3, -0.25) is 4.79 Å². The second kappa shape index (κ2) is 3.37. The van der Waals surface area contributed by atoms with Crippen LogP contribution in [-0.2, 0) is 4.79 Å². The van der Waals surface area contributed by atoms with E-state index in [9.17, 15) is 4.79 Å². The lowest BCUT2D eigenvalue weighted by Gasteiger charge is -2.16. The number of hydrogen-bond acceptors (Lipinski definition) is 1. The van der Waals surface area contributed by atoms with E-state index >= 15 is 0 Å². The van der Waals surface area contributed by atoms with Gasteiger partial charge in [0.05, 0.1) is 4.83 Å². The number of nitrogens with zero attached hydrogens (tertiary/aromatic N) is 1. The van der Waals surface area contributed by atoms with Gasteiger partial charge in [-0.25, -0.2) is 0 Å². The van der Waals surface area contributed by atoms with Crippen molar-refractivity contribution in [2.45, 2.75) is 24.6 Å². The molecule has 0 aromatic heterocycles.